The van der Waals surface area contributed by atoms with Crippen LogP contribution in [0.2, 0.25) is 0 Å². The Balaban J connectivity index is 4.18. The number of guanidine groups is 1. The van der Waals surface area contributed by atoms with E-state index in [2.05, 4.69) is 4.99 Å². The Labute approximate surface area is 86.4 Å². The molecule has 7 nitrogen and oxygen atoms in total. The summed E-state index contributed by atoms with van der Waals surface area (Å²) in [6.45, 7) is 1.74. The van der Waals surface area contributed by atoms with Crippen molar-refractivity contribution in [2.45, 2.75) is 19.8 Å². The summed E-state index contributed by atoms with van der Waals surface area (Å²) in [5, 5.41) is 1.75. The van der Waals surface area contributed by atoms with Crippen LogP contribution < -0.4 is 16.5 Å². The molecule has 0 spiro atoms. The van der Waals surface area contributed by atoms with E-state index in [0.29, 0.717) is 6.42 Å². The van der Waals surface area contributed by atoms with Crippen molar-refractivity contribution < 1.29 is 14.1 Å². The molecule has 86 valence electrons. The van der Waals surface area contributed by atoms with Gasteiger partial charge in [-0.05, 0) is 6.42 Å². The van der Waals surface area contributed by atoms with Gasteiger partial charge in [-0.2, -0.15) is 0 Å². The maximum atomic E-state index is 13.0. The van der Waals surface area contributed by atoms with Crippen molar-refractivity contribution in [2.24, 2.45) is 10.7 Å². The third-order valence-corrected chi connectivity index (χ3v) is 1.35. The fourth-order valence-corrected chi connectivity index (χ4v) is 0.718. The number of primary amides is 1. The highest BCUT2D eigenvalue weighted by Crippen LogP contribution is 1.94. The Morgan fingerprint density at radius 3 is 2.53 bits per heavy atom. The quantitative estimate of drug-likeness (QED) is 0.256. The molecule has 0 aliphatic carbocycles. The molecule has 0 unspecified atom stereocenters. The van der Waals surface area contributed by atoms with Gasteiger partial charge in [0.25, 0.3) is 5.91 Å². The van der Waals surface area contributed by atoms with Crippen LogP contribution in [0.4, 0.5) is 9.28 Å². The lowest BCUT2D eigenvalue weighted by Crippen LogP contribution is -2.50. The summed E-state index contributed by atoms with van der Waals surface area (Å²) in [6.07, 6.45) is 0.569. The van der Waals surface area contributed by atoms with E-state index < -0.39 is 11.9 Å². The van der Waals surface area contributed by atoms with Crippen LogP contribution in [0.5, 0.6) is 0 Å². The number of hydrazine groups is 1. The second-order valence-corrected chi connectivity index (χ2v) is 2.60. The van der Waals surface area contributed by atoms with Crippen molar-refractivity contribution in [3.63, 3.8) is 0 Å². The maximum absolute atomic E-state index is 13.0. The number of nitrogens with zero attached hydrogens (tertiary/aromatic N) is 2. The average Bonchev–Trinajstić information content (AvgIpc) is 2.16. The Morgan fingerprint density at radius 2 is 2.13 bits per heavy atom. The van der Waals surface area contributed by atoms with Crippen molar-refractivity contribution in [3.05, 3.63) is 0 Å². The van der Waals surface area contributed by atoms with Crippen LogP contribution in [0.1, 0.15) is 19.8 Å². The first-order valence-corrected chi connectivity index (χ1v) is 4.29. The van der Waals surface area contributed by atoms with Crippen LogP contribution in [0, 0.1) is 0 Å². The zero-order valence-electron chi connectivity index (χ0n) is 8.58. The first-order chi connectivity index (χ1) is 7.01. The molecule has 0 aromatic carbocycles. The Bertz CT molecular complexity index is 268. The molecule has 0 aromatic rings. The number of aliphatic imine (C=N–C) groups is 1. The van der Waals surface area contributed by atoms with Crippen LogP contribution in [-0.2, 0) is 4.79 Å². The number of rotatable bonds is 2. The molecule has 0 fully saturated rings. The number of halogens is 1. The average molecular weight is 219 g/mol. The molecular weight excluding hydrogens is 205 g/mol. The van der Waals surface area contributed by atoms with Crippen molar-refractivity contribution in [3.8, 4) is 0 Å². The van der Waals surface area contributed by atoms with Crippen LogP contribution in [0.15, 0.2) is 4.99 Å². The van der Waals surface area contributed by atoms with Crippen molar-refractivity contribution in [1.29, 1.82) is 0 Å². The summed E-state index contributed by atoms with van der Waals surface area (Å²) < 4.78 is 13.0. The summed E-state index contributed by atoms with van der Waals surface area (Å²) in [6, 6.07) is -0.903. The lowest BCUT2D eigenvalue weighted by atomic mass is 10.3. The second kappa shape index (κ2) is 6.57. The van der Waals surface area contributed by atoms with Gasteiger partial charge in [-0.25, -0.2) is 10.2 Å². The lowest BCUT2D eigenvalue weighted by molar-refractivity contribution is -0.151. The number of amides is 3. The van der Waals surface area contributed by atoms with Crippen LogP contribution >= 0.6 is 0 Å². The Kier molecular flexibility index (Phi) is 5.76. The van der Waals surface area contributed by atoms with E-state index in [9.17, 15) is 14.1 Å². The van der Waals surface area contributed by atoms with Gasteiger partial charge < -0.3 is 5.73 Å². The fraction of sp³-hybridized carbons (Fsp3) is 0.571. The number of nitrogens with one attached hydrogen (secondary N) is 2. The largest absolute Gasteiger partial charge is 0.351 e. The number of hydrogen-bond acceptors (Lipinski definition) is 3. The van der Waals surface area contributed by atoms with Crippen molar-refractivity contribution >= 4 is 17.9 Å². The Morgan fingerprint density at radius 1 is 1.53 bits per heavy atom. The van der Waals surface area contributed by atoms with Crippen molar-refractivity contribution in [2.75, 3.05) is 7.05 Å². The van der Waals surface area contributed by atoms with Gasteiger partial charge in [0.2, 0.25) is 5.96 Å². The first kappa shape index (κ1) is 13.1. The zero-order chi connectivity index (χ0) is 11.8. The fourth-order valence-electron chi connectivity index (χ4n) is 0.718. The number of urea groups is 1. The molecule has 0 saturated carbocycles. The standard InChI is InChI=1S/C7H14FN5O2/c1-3-4-5(14)13(8)12-7(10-2)11-6(9)15/h3-4H2,1-2H3,(H4,9,10,11,12,15). The molecule has 0 heterocycles. The third kappa shape index (κ3) is 5.45. The summed E-state index contributed by atoms with van der Waals surface area (Å²) in [5.41, 5.74) is 6.72. The first-order valence-electron chi connectivity index (χ1n) is 4.29. The normalized spacial score (nSPS) is 10.7. The van der Waals surface area contributed by atoms with E-state index in [0.717, 1.165) is 0 Å². The van der Waals surface area contributed by atoms with E-state index in [1.807, 2.05) is 10.7 Å². The summed E-state index contributed by atoms with van der Waals surface area (Å²) in [7, 11) is 1.30. The van der Waals surface area contributed by atoms with E-state index in [4.69, 9.17) is 5.73 Å². The van der Waals surface area contributed by atoms with Gasteiger partial charge in [0.1, 0.15) is 0 Å². The SMILES string of the molecule is CCCC(=O)N(F)NC(=NC)NC(N)=O. The Hall–Kier alpha value is -1.86. The molecule has 0 saturated heterocycles. The van der Waals surface area contributed by atoms with Crippen molar-refractivity contribution in [1.82, 2.24) is 16.0 Å². The predicted molar refractivity (Wildman–Crippen MR) is 52.1 cm³/mol. The maximum Gasteiger partial charge on any atom is 0.318 e. The van der Waals surface area contributed by atoms with E-state index in [-0.39, 0.29) is 17.6 Å². The molecule has 15 heavy (non-hydrogen) atoms. The van der Waals surface area contributed by atoms with E-state index in [1.165, 1.54) is 7.05 Å². The minimum absolute atomic E-state index is 0.0526. The van der Waals surface area contributed by atoms with Crippen LogP contribution in [0.25, 0.3) is 0 Å². The molecule has 0 bridgehead atoms. The molecule has 3 amide bonds. The topological polar surface area (TPSA) is 99.8 Å². The summed E-state index contributed by atoms with van der Waals surface area (Å²) in [5.74, 6) is -1.00. The number of carbonyl (C=O) groups is 2. The lowest BCUT2D eigenvalue weighted by Gasteiger charge is -2.14. The molecule has 0 radical (unpaired) electrons. The summed E-state index contributed by atoms with van der Waals surface area (Å²) in [4.78, 5) is 24.9. The highest BCUT2D eigenvalue weighted by Gasteiger charge is 2.13. The molecule has 8 heteroatoms. The smallest absolute Gasteiger partial charge is 0.318 e. The predicted octanol–water partition coefficient (Wildman–Crippen LogP) is -0.342. The number of carbonyl (C=O) groups excluding carboxylic acids is 2. The molecule has 0 aliphatic heterocycles. The summed E-state index contributed by atoms with van der Waals surface area (Å²) >= 11 is 0. The van der Waals surface area contributed by atoms with Gasteiger partial charge in [0.05, 0.1) is 0 Å². The molecule has 4 N–H and O–H groups in total. The molecule has 0 rings (SSSR count). The number of hydrogen-bond donors (Lipinski definition) is 3. The molecule has 0 aliphatic rings. The highest BCUT2D eigenvalue weighted by atomic mass is 19.2. The number of nitrogens with two attached hydrogens (primary N) is 1. The molecule has 0 atom stereocenters. The minimum Gasteiger partial charge on any atom is -0.351 e. The van der Waals surface area contributed by atoms with Gasteiger partial charge in [0, 0.05) is 13.5 Å². The van der Waals surface area contributed by atoms with E-state index in [1.54, 1.807) is 6.92 Å². The van der Waals surface area contributed by atoms with Gasteiger partial charge in [-0.1, -0.05) is 16.6 Å². The molecule has 0 aromatic heterocycles. The highest BCUT2D eigenvalue weighted by molar-refractivity contribution is 5.96. The van der Waals surface area contributed by atoms with Crippen LogP contribution in [-0.4, -0.2) is 30.2 Å². The second-order valence-electron chi connectivity index (χ2n) is 2.60. The van der Waals surface area contributed by atoms with Crippen LogP contribution in [0.3, 0.4) is 0 Å². The van der Waals surface area contributed by atoms with E-state index >= 15 is 0 Å². The zero-order valence-corrected chi connectivity index (χ0v) is 8.58. The van der Waals surface area contributed by atoms with Gasteiger partial charge in [-0.3, -0.25) is 15.1 Å². The minimum atomic E-state index is -0.903. The monoisotopic (exact) mass is 219 g/mol. The van der Waals surface area contributed by atoms with Gasteiger partial charge in [0.15, 0.2) is 0 Å². The van der Waals surface area contributed by atoms with Gasteiger partial charge >= 0.3 is 6.03 Å². The molecular formula is C7H14FN5O2. The van der Waals surface area contributed by atoms with Gasteiger partial charge in [-0.15, -0.1) is 0 Å². The third-order valence-electron chi connectivity index (χ3n) is 1.35.